The molecular weight excluding hydrogens is 392 g/mol. The molecule has 3 aromatic rings. The summed E-state index contributed by atoms with van der Waals surface area (Å²) in [6, 6.07) is 23.3. The molecule has 0 saturated heterocycles. The smallest absolute Gasteiger partial charge is 0.410 e. The topological polar surface area (TPSA) is 114 Å². The highest BCUT2D eigenvalue weighted by Gasteiger charge is 2.15. The van der Waals surface area contributed by atoms with Crippen LogP contribution in [0.4, 0.5) is 10.5 Å². The molecule has 3 rings (SSSR count). The lowest BCUT2D eigenvalue weighted by molar-refractivity contribution is 0.197. The first-order valence-electron chi connectivity index (χ1n) is 9.71. The van der Waals surface area contributed by atoms with Gasteiger partial charge in [0.25, 0.3) is 0 Å². The highest BCUT2D eigenvalue weighted by Crippen LogP contribution is 2.25. The van der Waals surface area contributed by atoms with E-state index < -0.39 is 6.09 Å². The van der Waals surface area contributed by atoms with Crippen LogP contribution in [-0.4, -0.2) is 18.3 Å². The van der Waals surface area contributed by atoms with Crippen LogP contribution in [0.5, 0.6) is 5.75 Å². The van der Waals surface area contributed by atoms with Gasteiger partial charge in [-0.05, 0) is 47.9 Å². The third-order valence-electron chi connectivity index (χ3n) is 4.90. The van der Waals surface area contributed by atoms with Gasteiger partial charge in [-0.15, -0.1) is 0 Å². The van der Waals surface area contributed by atoms with Gasteiger partial charge in [0.2, 0.25) is 0 Å². The van der Waals surface area contributed by atoms with E-state index in [0.717, 1.165) is 28.0 Å². The van der Waals surface area contributed by atoms with Crippen LogP contribution in [0.25, 0.3) is 11.1 Å². The summed E-state index contributed by atoms with van der Waals surface area (Å²) in [7, 11) is 1.64. The number of hydrogen-bond acceptors (Lipinski definition) is 5. The Balaban J connectivity index is 1.86. The third kappa shape index (κ3) is 5.55. The summed E-state index contributed by atoms with van der Waals surface area (Å²) >= 11 is 0. The van der Waals surface area contributed by atoms with Crippen molar-refractivity contribution in [3.05, 3.63) is 95.4 Å². The standard InChI is InChI=1S/C24H26N4O3/c1-16-3-11-20(12-4-16)28(26)22(23(25)27-24(29)30)15-17-5-7-18(8-6-17)19-9-13-21(31-2)14-10-19/h3-14,27H,15,25-26H2,1-2H3,(H,29,30)/b23-22+. The highest BCUT2D eigenvalue weighted by atomic mass is 16.5. The van der Waals surface area contributed by atoms with Gasteiger partial charge >= 0.3 is 6.09 Å². The summed E-state index contributed by atoms with van der Waals surface area (Å²) < 4.78 is 5.20. The molecule has 0 aromatic heterocycles. The zero-order valence-corrected chi connectivity index (χ0v) is 17.5. The van der Waals surface area contributed by atoms with Crippen molar-refractivity contribution in [3.8, 4) is 16.9 Å². The second-order valence-electron chi connectivity index (χ2n) is 7.10. The number of rotatable bonds is 7. The number of amides is 1. The van der Waals surface area contributed by atoms with E-state index in [1.54, 1.807) is 7.11 Å². The van der Waals surface area contributed by atoms with E-state index in [1.165, 1.54) is 5.01 Å². The van der Waals surface area contributed by atoms with E-state index >= 15 is 0 Å². The van der Waals surface area contributed by atoms with Gasteiger partial charge in [0.05, 0.1) is 18.5 Å². The maximum absolute atomic E-state index is 11.1. The summed E-state index contributed by atoms with van der Waals surface area (Å²) in [5, 5.41) is 12.7. The number of aryl methyl sites for hydroxylation is 1. The van der Waals surface area contributed by atoms with Gasteiger partial charge in [-0.1, -0.05) is 54.1 Å². The van der Waals surface area contributed by atoms with Crippen LogP contribution in [0.3, 0.4) is 0 Å². The summed E-state index contributed by atoms with van der Waals surface area (Å²) in [5.74, 6) is 7.10. The van der Waals surface area contributed by atoms with Crippen LogP contribution in [-0.2, 0) is 6.42 Å². The molecule has 31 heavy (non-hydrogen) atoms. The number of nitrogens with two attached hydrogens (primary N) is 2. The van der Waals surface area contributed by atoms with Gasteiger partial charge in [-0.3, -0.25) is 10.3 Å². The van der Waals surface area contributed by atoms with E-state index in [0.29, 0.717) is 17.8 Å². The fourth-order valence-corrected chi connectivity index (χ4v) is 3.15. The van der Waals surface area contributed by atoms with Crippen molar-refractivity contribution in [1.82, 2.24) is 5.32 Å². The van der Waals surface area contributed by atoms with E-state index in [2.05, 4.69) is 5.32 Å². The quantitative estimate of drug-likeness (QED) is 0.341. The molecule has 6 N–H and O–H groups in total. The lowest BCUT2D eigenvalue weighted by Crippen LogP contribution is -2.38. The zero-order chi connectivity index (χ0) is 22.4. The first-order chi connectivity index (χ1) is 14.9. The maximum Gasteiger partial charge on any atom is 0.410 e. The molecule has 160 valence electrons. The van der Waals surface area contributed by atoms with Crippen LogP contribution in [0.15, 0.2) is 84.3 Å². The van der Waals surface area contributed by atoms with Crippen LogP contribution in [0.1, 0.15) is 11.1 Å². The Morgan fingerprint density at radius 2 is 1.52 bits per heavy atom. The minimum absolute atomic E-state index is 0.0187. The number of methoxy groups -OCH3 is 1. The molecule has 0 unspecified atom stereocenters. The van der Waals surface area contributed by atoms with Gasteiger partial charge in [0.15, 0.2) is 0 Å². The summed E-state index contributed by atoms with van der Waals surface area (Å²) in [6.45, 7) is 1.98. The molecule has 0 atom stereocenters. The van der Waals surface area contributed by atoms with Crippen molar-refractivity contribution in [2.24, 2.45) is 11.6 Å². The number of nitrogens with one attached hydrogen (secondary N) is 1. The van der Waals surface area contributed by atoms with Crippen molar-refractivity contribution < 1.29 is 14.6 Å². The SMILES string of the molecule is COc1ccc(-c2ccc(C/C(=C(/N)NC(=O)O)N(N)c3ccc(C)cc3)cc2)cc1. The molecule has 7 nitrogen and oxygen atoms in total. The fraction of sp³-hybridized carbons (Fsp3) is 0.125. The van der Waals surface area contributed by atoms with Crippen LogP contribution >= 0.6 is 0 Å². The number of hydrogen-bond donors (Lipinski definition) is 4. The molecule has 0 saturated carbocycles. The molecule has 0 fully saturated rings. The molecule has 7 heteroatoms. The second kappa shape index (κ2) is 9.69. The number of nitrogens with zero attached hydrogens (tertiary/aromatic N) is 1. The Bertz CT molecular complexity index is 1060. The lowest BCUT2D eigenvalue weighted by Gasteiger charge is -2.24. The van der Waals surface area contributed by atoms with Crippen molar-refractivity contribution in [2.75, 3.05) is 12.1 Å². The Hall–Kier alpha value is -3.97. The first-order valence-corrected chi connectivity index (χ1v) is 9.71. The van der Waals surface area contributed by atoms with Gasteiger partial charge in [0, 0.05) is 6.42 Å². The van der Waals surface area contributed by atoms with Crippen LogP contribution in [0, 0.1) is 6.92 Å². The average molecular weight is 418 g/mol. The summed E-state index contributed by atoms with van der Waals surface area (Å²) in [6.07, 6.45) is -0.901. The van der Waals surface area contributed by atoms with Crippen molar-refractivity contribution in [2.45, 2.75) is 13.3 Å². The normalized spacial score (nSPS) is 11.5. The van der Waals surface area contributed by atoms with E-state index in [4.69, 9.17) is 21.4 Å². The molecule has 0 radical (unpaired) electrons. The third-order valence-corrected chi connectivity index (χ3v) is 4.90. The summed E-state index contributed by atoms with van der Waals surface area (Å²) in [4.78, 5) is 11.1. The predicted octanol–water partition coefficient (Wildman–Crippen LogP) is 3.99. The molecule has 0 spiro atoms. The molecule has 3 aromatic carbocycles. The van der Waals surface area contributed by atoms with Crippen molar-refractivity contribution >= 4 is 11.8 Å². The number of carboxylic acid groups (broad SMARTS) is 1. The summed E-state index contributed by atoms with van der Waals surface area (Å²) in [5.41, 5.74) is 11.3. The Labute approximate surface area is 181 Å². The van der Waals surface area contributed by atoms with Crippen LogP contribution < -0.4 is 26.6 Å². The molecule has 0 aliphatic rings. The lowest BCUT2D eigenvalue weighted by atomic mass is 10.0. The monoisotopic (exact) mass is 418 g/mol. The van der Waals surface area contributed by atoms with E-state index in [1.807, 2.05) is 79.7 Å². The molecular formula is C24H26N4O3. The van der Waals surface area contributed by atoms with Crippen LogP contribution in [0.2, 0.25) is 0 Å². The molecule has 0 aliphatic heterocycles. The Morgan fingerprint density at radius 3 is 2.03 bits per heavy atom. The fourth-order valence-electron chi connectivity index (χ4n) is 3.15. The number of ether oxygens (including phenoxy) is 1. The molecule has 0 heterocycles. The minimum atomic E-state index is -1.25. The zero-order valence-electron chi connectivity index (χ0n) is 17.5. The van der Waals surface area contributed by atoms with Gasteiger partial charge < -0.3 is 15.6 Å². The molecule has 1 amide bonds. The Kier molecular flexibility index (Phi) is 6.79. The maximum atomic E-state index is 11.1. The number of hydrazine groups is 1. The minimum Gasteiger partial charge on any atom is -0.497 e. The first kappa shape index (κ1) is 21.7. The van der Waals surface area contributed by atoms with Gasteiger partial charge in [0.1, 0.15) is 11.6 Å². The second-order valence-corrected chi connectivity index (χ2v) is 7.10. The van der Waals surface area contributed by atoms with Crippen molar-refractivity contribution in [3.63, 3.8) is 0 Å². The van der Waals surface area contributed by atoms with Crippen molar-refractivity contribution in [1.29, 1.82) is 0 Å². The number of allylic oxidation sites excluding steroid dienone is 1. The predicted molar refractivity (Wildman–Crippen MR) is 122 cm³/mol. The van der Waals surface area contributed by atoms with Gasteiger partial charge in [-0.2, -0.15) is 0 Å². The van der Waals surface area contributed by atoms with Gasteiger partial charge in [-0.25, -0.2) is 10.6 Å². The molecule has 0 aliphatic carbocycles. The number of benzene rings is 3. The van der Waals surface area contributed by atoms with E-state index in [-0.39, 0.29) is 5.82 Å². The average Bonchev–Trinajstić information content (AvgIpc) is 2.77. The molecule has 0 bridgehead atoms. The number of anilines is 1. The highest BCUT2D eigenvalue weighted by molar-refractivity contribution is 5.68. The Morgan fingerprint density at radius 1 is 0.968 bits per heavy atom. The largest absolute Gasteiger partial charge is 0.497 e. The van der Waals surface area contributed by atoms with E-state index in [9.17, 15) is 4.79 Å². The number of carbonyl (C=O) groups is 1.